The van der Waals surface area contributed by atoms with E-state index in [0.29, 0.717) is 0 Å². The van der Waals surface area contributed by atoms with Crippen LogP contribution in [0.5, 0.6) is 11.5 Å². The van der Waals surface area contributed by atoms with E-state index in [1.165, 1.54) is 0 Å². The van der Waals surface area contributed by atoms with Crippen molar-refractivity contribution < 1.29 is 32.5 Å². The van der Waals surface area contributed by atoms with Gasteiger partial charge in [-0.2, -0.15) is 13.2 Å². The van der Waals surface area contributed by atoms with E-state index >= 15 is 0 Å². The zero-order chi connectivity index (χ0) is 11.9. The van der Waals surface area contributed by atoms with Gasteiger partial charge in [0.25, 0.3) is 0 Å². The first kappa shape index (κ1) is 10.6. The second-order valence-corrected chi connectivity index (χ2v) is 3.02. The molecule has 0 spiro atoms. The van der Waals surface area contributed by atoms with E-state index < -0.39 is 29.0 Å². The Morgan fingerprint density at radius 2 is 2.00 bits per heavy atom. The summed E-state index contributed by atoms with van der Waals surface area (Å²) in [4.78, 5) is 10.7. The molecule has 2 rings (SSSR count). The smallest absolute Gasteiger partial charge is 0.420 e. The van der Waals surface area contributed by atoms with Crippen molar-refractivity contribution in [2.75, 3.05) is 6.79 Å². The molecule has 1 aliphatic heterocycles. The molecule has 0 amide bonds. The molecule has 0 aromatic heterocycles. The molecule has 1 aromatic rings. The number of halogens is 3. The van der Waals surface area contributed by atoms with Gasteiger partial charge in [0, 0.05) is 0 Å². The molecule has 0 saturated carbocycles. The molecule has 4 nitrogen and oxygen atoms in total. The lowest BCUT2D eigenvalue weighted by Crippen LogP contribution is -2.13. The van der Waals surface area contributed by atoms with Gasteiger partial charge in [0.2, 0.25) is 6.79 Å². The van der Waals surface area contributed by atoms with E-state index in [1.807, 2.05) is 0 Å². The van der Waals surface area contributed by atoms with Crippen LogP contribution in [0.25, 0.3) is 0 Å². The van der Waals surface area contributed by atoms with Crippen LogP contribution in [-0.4, -0.2) is 17.9 Å². The third-order valence-electron chi connectivity index (χ3n) is 2.05. The Labute approximate surface area is 87.2 Å². The average Bonchev–Trinajstić information content (AvgIpc) is 2.61. The summed E-state index contributed by atoms with van der Waals surface area (Å²) >= 11 is 0. The summed E-state index contributed by atoms with van der Waals surface area (Å²) in [5.41, 5.74) is -2.16. The van der Waals surface area contributed by atoms with E-state index in [2.05, 4.69) is 4.74 Å². The fraction of sp³-hybridized carbons (Fsp3) is 0.222. The van der Waals surface area contributed by atoms with Crippen LogP contribution in [0, 0.1) is 0 Å². The van der Waals surface area contributed by atoms with Crippen molar-refractivity contribution in [2.24, 2.45) is 0 Å². The number of carboxylic acids is 1. The molecule has 16 heavy (non-hydrogen) atoms. The Kier molecular flexibility index (Phi) is 2.18. The Morgan fingerprint density at radius 3 is 2.56 bits per heavy atom. The number of benzene rings is 1. The highest BCUT2D eigenvalue weighted by molar-refractivity contribution is 5.91. The summed E-state index contributed by atoms with van der Waals surface area (Å²) in [6.45, 7) is -0.346. The normalized spacial score (nSPS) is 13.9. The molecule has 1 heterocycles. The van der Waals surface area contributed by atoms with Gasteiger partial charge < -0.3 is 14.6 Å². The van der Waals surface area contributed by atoms with Crippen molar-refractivity contribution in [3.63, 3.8) is 0 Å². The molecule has 0 atom stereocenters. The number of alkyl halides is 3. The van der Waals surface area contributed by atoms with E-state index in [9.17, 15) is 18.0 Å². The largest absolute Gasteiger partial charge is 0.478 e. The number of carbonyl (C=O) groups is 1. The highest BCUT2D eigenvalue weighted by Gasteiger charge is 2.41. The minimum Gasteiger partial charge on any atom is -0.478 e. The monoisotopic (exact) mass is 234 g/mol. The molecule has 0 radical (unpaired) electrons. The van der Waals surface area contributed by atoms with Crippen molar-refractivity contribution in [2.45, 2.75) is 6.18 Å². The van der Waals surface area contributed by atoms with Gasteiger partial charge in [-0.15, -0.1) is 0 Å². The fourth-order valence-electron chi connectivity index (χ4n) is 1.43. The molecule has 0 bridgehead atoms. The maximum absolute atomic E-state index is 12.7. The molecule has 1 N–H and O–H groups in total. The number of aromatic carboxylic acids is 1. The molecule has 0 unspecified atom stereocenters. The summed E-state index contributed by atoms with van der Waals surface area (Å²) in [6, 6.07) is 1.99. The number of hydrogen-bond donors (Lipinski definition) is 1. The minimum absolute atomic E-state index is 0.0997. The predicted octanol–water partition coefficient (Wildman–Crippen LogP) is 2.13. The van der Waals surface area contributed by atoms with Crippen LogP contribution in [0.2, 0.25) is 0 Å². The van der Waals surface area contributed by atoms with Gasteiger partial charge in [-0.1, -0.05) is 0 Å². The van der Waals surface area contributed by atoms with Gasteiger partial charge in [0.1, 0.15) is 5.56 Å². The lowest BCUT2D eigenvalue weighted by atomic mass is 10.1. The van der Waals surface area contributed by atoms with E-state index in [-0.39, 0.29) is 12.5 Å². The van der Waals surface area contributed by atoms with Crippen LogP contribution in [-0.2, 0) is 6.18 Å². The second kappa shape index (κ2) is 3.29. The predicted molar refractivity (Wildman–Crippen MR) is 44.5 cm³/mol. The van der Waals surface area contributed by atoms with Crippen LogP contribution in [0.3, 0.4) is 0 Å². The highest BCUT2D eigenvalue weighted by Crippen LogP contribution is 2.45. The molecule has 86 valence electrons. The van der Waals surface area contributed by atoms with Crippen molar-refractivity contribution in [1.29, 1.82) is 0 Å². The maximum Gasteiger partial charge on any atom is 0.420 e. The molecular formula is C9H5F3O4. The van der Waals surface area contributed by atoms with Gasteiger partial charge in [0.05, 0.1) is 5.56 Å². The molecule has 0 aliphatic carbocycles. The molecule has 0 fully saturated rings. The minimum atomic E-state index is -4.80. The van der Waals surface area contributed by atoms with Crippen LogP contribution < -0.4 is 9.47 Å². The van der Waals surface area contributed by atoms with E-state index in [0.717, 1.165) is 12.1 Å². The first-order valence-corrected chi connectivity index (χ1v) is 4.14. The van der Waals surface area contributed by atoms with Gasteiger partial charge in [-0.25, -0.2) is 4.79 Å². The van der Waals surface area contributed by atoms with Gasteiger partial charge in [-0.05, 0) is 12.1 Å². The Bertz CT molecular complexity index is 453. The molecule has 7 heteroatoms. The third-order valence-corrected chi connectivity index (χ3v) is 2.05. The van der Waals surface area contributed by atoms with Crippen molar-refractivity contribution in [3.05, 3.63) is 23.3 Å². The lowest BCUT2D eigenvalue weighted by Gasteiger charge is -2.12. The number of rotatable bonds is 1. The van der Waals surface area contributed by atoms with E-state index in [1.54, 1.807) is 0 Å². The Balaban J connectivity index is 2.70. The van der Waals surface area contributed by atoms with Gasteiger partial charge in [-0.3, -0.25) is 0 Å². The van der Waals surface area contributed by atoms with Crippen molar-refractivity contribution in [1.82, 2.24) is 0 Å². The second-order valence-electron chi connectivity index (χ2n) is 3.02. The first-order chi connectivity index (χ1) is 7.41. The topological polar surface area (TPSA) is 55.8 Å². The summed E-state index contributed by atoms with van der Waals surface area (Å²) in [6.07, 6.45) is -4.80. The van der Waals surface area contributed by atoms with Gasteiger partial charge in [0.15, 0.2) is 11.5 Å². The Hall–Kier alpha value is -1.92. The average molecular weight is 234 g/mol. The maximum atomic E-state index is 12.7. The van der Waals surface area contributed by atoms with Crippen LogP contribution in [0.4, 0.5) is 13.2 Å². The summed E-state index contributed by atoms with van der Waals surface area (Å²) in [5.74, 6) is -2.32. The SMILES string of the molecule is O=C(O)c1ccc2c(c1C(F)(F)F)OCO2. The van der Waals surface area contributed by atoms with Crippen LogP contribution in [0.15, 0.2) is 12.1 Å². The molecule has 1 aliphatic rings. The first-order valence-electron chi connectivity index (χ1n) is 4.14. The van der Waals surface area contributed by atoms with Gasteiger partial charge >= 0.3 is 12.1 Å². The number of ether oxygens (including phenoxy) is 2. The number of hydrogen-bond acceptors (Lipinski definition) is 3. The quantitative estimate of drug-likeness (QED) is 0.808. The third kappa shape index (κ3) is 1.54. The number of fused-ring (bicyclic) bond motifs is 1. The number of carboxylic acid groups (broad SMARTS) is 1. The molecule has 1 aromatic carbocycles. The van der Waals surface area contributed by atoms with Crippen molar-refractivity contribution >= 4 is 5.97 Å². The lowest BCUT2D eigenvalue weighted by molar-refractivity contribution is -0.139. The van der Waals surface area contributed by atoms with E-state index in [4.69, 9.17) is 9.84 Å². The summed E-state index contributed by atoms with van der Waals surface area (Å²) in [7, 11) is 0. The molecule has 0 saturated heterocycles. The Morgan fingerprint density at radius 1 is 1.31 bits per heavy atom. The summed E-state index contributed by atoms with van der Waals surface area (Å²) in [5, 5.41) is 8.66. The standard InChI is InChI=1S/C9H5F3O4/c10-9(11,12)6-4(8(13)14)1-2-5-7(6)16-3-15-5/h1-2H,3H2,(H,13,14). The summed E-state index contributed by atoms with van der Waals surface area (Å²) < 4.78 is 47.4. The van der Waals surface area contributed by atoms with Crippen molar-refractivity contribution in [3.8, 4) is 11.5 Å². The van der Waals surface area contributed by atoms with Crippen LogP contribution >= 0.6 is 0 Å². The van der Waals surface area contributed by atoms with Crippen LogP contribution in [0.1, 0.15) is 15.9 Å². The zero-order valence-corrected chi connectivity index (χ0v) is 7.67. The molecular weight excluding hydrogens is 229 g/mol. The fourth-order valence-corrected chi connectivity index (χ4v) is 1.43. The zero-order valence-electron chi connectivity index (χ0n) is 7.67. The highest BCUT2D eigenvalue weighted by atomic mass is 19.4.